The Morgan fingerprint density at radius 3 is 2.80 bits per heavy atom. The molecule has 0 aliphatic carbocycles. The fraction of sp³-hybridized carbons (Fsp3) is 0.308. The summed E-state index contributed by atoms with van der Waals surface area (Å²) in [5.74, 6) is -0.0920. The van der Waals surface area contributed by atoms with Gasteiger partial charge in [-0.05, 0) is 32.8 Å². The molecule has 4 nitrogen and oxygen atoms in total. The second kappa shape index (κ2) is 5.85. The first-order valence-corrected chi connectivity index (χ1v) is 8.64. The van der Waals surface area contributed by atoms with Crippen LogP contribution in [0.15, 0.2) is 21.3 Å². The lowest BCUT2D eigenvalue weighted by Gasteiger charge is -2.26. The number of halogens is 1. The molecule has 1 saturated heterocycles. The Hall–Kier alpha value is -0.890. The van der Waals surface area contributed by atoms with Gasteiger partial charge in [0.25, 0.3) is 5.91 Å². The Morgan fingerprint density at radius 1 is 1.40 bits per heavy atom. The molecule has 0 aromatic carbocycles. The third kappa shape index (κ3) is 2.50. The van der Waals surface area contributed by atoms with Crippen molar-refractivity contribution < 1.29 is 14.6 Å². The molecule has 1 amide bonds. The van der Waals surface area contributed by atoms with Crippen LogP contribution in [-0.4, -0.2) is 42.2 Å². The maximum Gasteiger partial charge on any atom is 0.267 e. The van der Waals surface area contributed by atoms with Crippen LogP contribution in [0.3, 0.4) is 0 Å². The summed E-state index contributed by atoms with van der Waals surface area (Å²) in [5.41, 5.74) is 1.02. The van der Waals surface area contributed by atoms with Crippen molar-refractivity contribution in [2.75, 3.05) is 26.3 Å². The van der Waals surface area contributed by atoms with Gasteiger partial charge in [-0.15, -0.1) is 11.3 Å². The quantitative estimate of drug-likeness (QED) is 0.877. The maximum absolute atomic E-state index is 12.5. The number of ether oxygens (including phenoxy) is 1. The van der Waals surface area contributed by atoms with Gasteiger partial charge in [-0.25, -0.2) is 0 Å². The van der Waals surface area contributed by atoms with Gasteiger partial charge in [0, 0.05) is 18.7 Å². The van der Waals surface area contributed by atoms with Gasteiger partial charge in [0.05, 0.1) is 22.6 Å². The Balaban J connectivity index is 1.94. The van der Waals surface area contributed by atoms with E-state index in [-0.39, 0.29) is 11.7 Å². The molecule has 2 aromatic heterocycles. The summed E-state index contributed by atoms with van der Waals surface area (Å²) < 4.78 is 5.84. The lowest BCUT2D eigenvalue weighted by atomic mass is 10.2. The van der Waals surface area contributed by atoms with Crippen molar-refractivity contribution in [1.29, 1.82) is 0 Å². The third-order valence-electron chi connectivity index (χ3n) is 3.10. The first-order valence-electron chi connectivity index (χ1n) is 6.09. The van der Waals surface area contributed by atoms with Gasteiger partial charge in [0.15, 0.2) is 5.75 Å². The highest BCUT2D eigenvalue weighted by molar-refractivity contribution is 9.10. The smallest absolute Gasteiger partial charge is 0.267 e. The van der Waals surface area contributed by atoms with E-state index in [4.69, 9.17) is 4.74 Å². The van der Waals surface area contributed by atoms with Gasteiger partial charge in [-0.3, -0.25) is 4.79 Å². The number of rotatable bonds is 2. The van der Waals surface area contributed by atoms with Crippen molar-refractivity contribution in [1.82, 2.24) is 4.90 Å². The predicted molar refractivity (Wildman–Crippen MR) is 83.7 cm³/mol. The van der Waals surface area contributed by atoms with Gasteiger partial charge >= 0.3 is 0 Å². The summed E-state index contributed by atoms with van der Waals surface area (Å²) in [6.45, 7) is 2.25. The average Bonchev–Trinajstić information content (AvgIpc) is 3.10. The van der Waals surface area contributed by atoms with E-state index in [2.05, 4.69) is 15.9 Å². The Morgan fingerprint density at radius 2 is 2.15 bits per heavy atom. The Kier molecular flexibility index (Phi) is 4.11. The second-order valence-corrected chi connectivity index (χ2v) is 6.93. The molecule has 3 heterocycles. The Bertz CT molecular complexity index is 618. The summed E-state index contributed by atoms with van der Waals surface area (Å²) in [5, 5.41) is 14.2. The van der Waals surface area contributed by atoms with Crippen molar-refractivity contribution in [3.05, 3.63) is 26.2 Å². The normalized spacial score (nSPS) is 15.6. The van der Waals surface area contributed by atoms with Crippen LogP contribution in [-0.2, 0) is 4.74 Å². The molecule has 0 radical (unpaired) electrons. The zero-order chi connectivity index (χ0) is 14.1. The summed E-state index contributed by atoms with van der Waals surface area (Å²) in [7, 11) is 0. The monoisotopic (exact) mass is 373 g/mol. The van der Waals surface area contributed by atoms with Gasteiger partial charge in [-0.2, -0.15) is 11.3 Å². The SMILES string of the molecule is O=C(c1sc(-c2ccsc2)c(Br)c1O)N1CCOCC1. The number of thiophene rings is 2. The molecule has 106 valence electrons. The second-order valence-electron chi connectivity index (χ2n) is 4.34. The van der Waals surface area contributed by atoms with E-state index in [0.717, 1.165) is 10.4 Å². The zero-order valence-corrected chi connectivity index (χ0v) is 13.7. The van der Waals surface area contributed by atoms with E-state index in [0.29, 0.717) is 35.7 Å². The average molecular weight is 374 g/mol. The lowest BCUT2D eigenvalue weighted by Crippen LogP contribution is -2.40. The number of hydrogen-bond acceptors (Lipinski definition) is 5. The molecule has 20 heavy (non-hydrogen) atoms. The highest BCUT2D eigenvalue weighted by Gasteiger charge is 2.27. The molecular formula is C13H12BrNO3S2. The number of amides is 1. The van der Waals surface area contributed by atoms with E-state index >= 15 is 0 Å². The molecule has 0 unspecified atom stereocenters. The van der Waals surface area contributed by atoms with E-state index in [9.17, 15) is 9.90 Å². The van der Waals surface area contributed by atoms with Crippen LogP contribution < -0.4 is 0 Å². The van der Waals surface area contributed by atoms with E-state index in [1.165, 1.54) is 11.3 Å². The summed E-state index contributed by atoms with van der Waals surface area (Å²) in [4.78, 5) is 15.5. The number of morpholine rings is 1. The molecule has 1 N–H and O–H groups in total. The topological polar surface area (TPSA) is 49.8 Å². The highest BCUT2D eigenvalue weighted by Crippen LogP contribution is 2.45. The van der Waals surface area contributed by atoms with Gasteiger partial charge in [0.2, 0.25) is 0 Å². The molecule has 0 bridgehead atoms. The van der Waals surface area contributed by atoms with Crippen LogP contribution in [0.2, 0.25) is 0 Å². The van der Waals surface area contributed by atoms with Crippen LogP contribution in [0.25, 0.3) is 10.4 Å². The lowest BCUT2D eigenvalue weighted by molar-refractivity contribution is 0.0304. The molecule has 1 aliphatic heterocycles. The van der Waals surface area contributed by atoms with Crippen LogP contribution in [0.4, 0.5) is 0 Å². The highest BCUT2D eigenvalue weighted by atomic mass is 79.9. The van der Waals surface area contributed by atoms with E-state index in [1.807, 2.05) is 16.8 Å². The molecule has 2 aromatic rings. The van der Waals surface area contributed by atoms with Crippen LogP contribution in [0, 0.1) is 0 Å². The minimum atomic E-state index is -0.127. The molecule has 1 aliphatic rings. The number of aromatic hydroxyl groups is 1. The summed E-state index contributed by atoms with van der Waals surface area (Å²) in [6, 6.07) is 1.98. The Labute approximate surface area is 132 Å². The maximum atomic E-state index is 12.5. The summed E-state index contributed by atoms with van der Waals surface area (Å²) in [6.07, 6.45) is 0. The summed E-state index contributed by atoms with van der Waals surface area (Å²) >= 11 is 6.29. The molecule has 0 atom stereocenters. The standard InChI is InChI=1S/C13H12BrNO3S2/c14-9-10(16)12(13(17)15-2-4-18-5-3-15)20-11(9)8-1-6-19-7-8/h1,6-7,16H,2-5H2. The van der Waals surface area contributed by atoms with Crippen molar-refractivity contribution in [3.63, 3.8) is 0 Å². The molecule has 1 fully saturated rings. The van der Waals surface area contributed by atoms with Gasteiger partial charge < -0.3 is 14.7 Å². The predicted octanol–water partition coefficient (Wildman–Crippen LogP) is 3.42. The number of carbonyl (C=O) groups is 1. The van der Waals surface area contributed by atoms with Crippen LogP contribution in [0.1, 0.15) is 9.67 Å². The molecule has 0 saturated carbocycles. The van der Waals surface area contributed by atoms with Crippen molar-refractivity contribution in [2.24, 2.45) is 0 Å². The van der Waals surface area contributed by atoms with Gasteiger partial charge in [-0.1, -0.05) is 0 Å². The first-order chi connectivity index (χ1) is 9.68. The number of hydrogen-bond donors (Lipinski definition) is 1. The molecule has 7 heteroatoms. The fourth-order valence-corrected chi connectivity index (χ4v) is 4.61. The third-order valence-corrected chi connectivity index (χ3v) is 6.04. The molecule has 3 rings (SSSR count). The largest absolute Gasteiger partial charge is 0.505 e. The minimum Gasteiger partial charge on any atom is -0.505 e. The minimum absolute atomic E-state index is 0.0349. The fourth-order valence-electron chi connectivity index (χ4n) is 2.04. The van der Waals surface area contributed by atoms with Crippen molar-refractivity contribution in [2.45, 2.75) is 0 Å². The van der Waals surface area contributed by atoms with Crippen LogP contribution >= 0.6 is 38.6 Å². The molecular weight excluding hydrogens is 362 g/mol. The zero-order valence-electron chi connectivity index (χ0n) is 10.5. The number of carbonyl (C=O) groups excluding carboxylic acids is 1. The van der Waals surface area contributed by atoms with Gasteiger partial charge in [0.1, 0.15) is 4.88 Å². The van der Waals surface area contributed by atoms with Crippen LogP contribution in [0.5, 0.6) is 5.75 Å². The molecule has 0 spiro atoms. The first kappa shape index (κ1) is 14.1. The van der Waals surface area contributed by atoms with E-state index in [1.54, 1.807) is 16.2 Å². The van der Waals surface area contributed by atoms with E-state index < -0.39 is 0 Å². The van der Waals surface area contributed by atoms with Crippen molar-refractivity contribution in [3.8, 4) is 16.2 Å². The van der Waals surface area contributed by atoms with Crippen molar-refractivity contribution >= 4 is 44.5 Å². The number of nitrogens with zero attached hydrogens (tertiary/aromatic N) is 1.